The molecule has 0 aliphatic carbocycles. The lowest BCUT2D eigenvalue weighted by Gasteiger charge is -2.13. The Morgan fingerprint density at radius 2 is 2.25 bits per heavy atom. The van der Waals surface area contributed by atoms with Gasteiger partial charge in [-0.15, -0.1) is 0 Å². The molecule has 0 spiro atoms. The molecule has 0 saturated heterocycles. The molecule has 0 saturated carbocycles. The Morgan fingerprint density at radius 3 is 2.88 bits per heavy atom. The monoisotopic (exact) mass is 219 g/mol. The number of halogens is 1. The zero-order valence-electron chi connectivity index (χ0n) is 9.31. The molecule has 0 radical (unpaired) electrons. The molecule has 84 valence electrons. The minimum Gasteiger partial charge on any atom is -0.378 e. The molecule has 0 fully saturated rings. The van der Waals surface area contributed by atoms with E-state index in [1.165, 1.54) is 12.1 Å². The van der Waals surface area contributed by atoms with Crippen molar-refractivity contribution in [2.24, 2.45) is 7.05 Å². The largest absolute Gasteiger partial charge is 0.378 e. The average molecular weight is 219 g/mol. The molecular weight excluding hydrogens is 205 g/mol. The first-order valence-corrected chi connectivity index (χ1v) is 5.16. The van der Waals surface area contributed by atoms with Crippen LogP contribution >= 0.6 is 0 Å². The number of anilines is 1. The van der Waals surface area contributed by atoms with E-state index >= 15 is 0 Å². The van der Waals surface area contributed by atoms with E-state index in [4.69, 9.17) is 0 Å². The van der Waals surface area contributed by atoms with Gasteiger partial charge in [-0.1, -0.05) is 6.07 Å². The van der Waals surface area contributed by atoms with Crippen LogP contribution in [0.1, 0.15) is 18.5 Å². The lowest BCUT2D eigenvalue weighted by molar-refractivity contribution is 0.628. The second kappa shape index (κ2) is 4.35. The molecule has 1 heterocycles. The second-order valence-corrected chi connectivity index (χ2v) is 3.82. The van der Waals surface area contributed by atoms with E-state index in [0.717, 1.165) is 11.3 Å². The van der Waals surface area contributed by atoms with Gasteiger partial charge in [0.1, 0.15) is 5.82 Å². The van der Waals surface area contributed by atoms with Crippen molar-refractivity contribution in [3.05, 3.63) is 48.0 Å². The molecule has 16 heavy (non-hydrogen) atoms. The molecule has 0 amide bonds. The van der Waals surface area contributed by atoms with E-state index in [1.54, 1.807) is 16.9 Å². The number of aryl methyl sites for hydroxylation is 1. The normalized spacial score (nSPS) is 12.4. The predicted molar refractivity (Wildman–Crippen MR) is 61.6 cm³/mol. The number of rotatable bonds is 3. The van der Waals surface area contributed by atoms with Crippen molar-refractivity contribution in [1.29, 1.82) is 0 Å². The molecule has 1 unspecified atom stereocenters. The summed E-state index contributed by atoms with van der Waals surface area (Å²) in [6, 6.07) is 6.55. The van der Waals surface area contributed by atoms with Crippen molar-refractivity contribution in [1.82, 2.24) is 9.78 Å². The van der Waals surface area contributed by atoms with E-state index in [2.05, 4.69) is 10.4 Å². The van der Waals surface area contributed by atoms with Gasteiger partial charge >= 0.3 is 0 Å². The zero-order chi connectivity index (χ0) is 11.5. The van der Waals surface area contributed by atoms with Crippen molar-refractivity contribution in [2.45, 2.75) is 13.0 Å². The number of hydrogen-bond donors (Lipinski definition) is 1. The summed E-state index contributed by atoms with van der Waals surface area (Å²) in [5.74, 6) is -0.233. The molecule has 2 rings (SSSR count). The highest BCUT2D eigenvalue weighted by Crippen LogP contribution is 2.18. The Morgan fingerprint density at radius 1 is 1.44 bits per heavy atom. The topological polar surface area (TPSA) is 29.9 Å². The van der Waals surface area contributed by atoms with Crippen LogP contribution < -0.4 is 5.32 Å². The van der Waals surface area contributed by atoms with Gasteiger partial charge in [-0.2, -0.15) is 5.10 Å². The van der Waals surface area contributed by atoms with Crippen molar-refractivity contribution < 1.29 is 4.39 Å². The molecule has 1 aromatic carbocycles. The van der Waals surface area contributed by atoms with Crippen LogP contribution in [-0.2, 0) is 7.05 Å². The maximum atomic E-state index is 13.0. The maximum absolute atomic E-state index is 13.0. The van der Waals surface area contributed by atoms with Gasteiger partial charge in [0.15, 0.2) is 0 Å². The number of benzene rings is 1. The lowest BCUT2D eigenvalue weighted by atomic mass is 10.2. The van der Waals surface area contributed by atoms with Gasteiger partial charge in [0, 0.05) is 24.5 Å². The molecule has 3 nitrogen and oxygen atoms in total. The van der Waals surface area contributed by atoms with Crippen LogP contribution in [0, 0.1) is 5.82 Å². The molecule has 0 aliphatic rings. The third kappa shape index (κ3) is 2.39. The summed E-state index contributed by atoms with van der Waals surface area (Å²) < 4.78 is 14.7. The summed E-state index contributed by atoms with van der Waals surface area (Å²) in [7, 11) is 1.87. The Labute approximate surface area is 93.9 Å². The summed E-state index contributed by atoms with van der Waals surface area (Å²) in [4.78, 5) is 0. The van der Waals surface area contributed by atoms with Crippen LogP contribution in [0.2, 0.25) is 0 Å². The first-order chi connectivity index (χ1) is 7.65. The first kappa shape index (κ1) is 10.7. The Kier molecular flexibility index (Phi) is 2.90. The summed E-state index contributed by atoms with van der Waals surface area (Å²) >= 11 is 0. The standard InChI is InChI=1S/C12H14FN3/c1-9(10-7-14-16(2)8-10)15-12-5-3-4-11(13)6-12/h3-9,15H,1-2H3. The smallest absolute Gasteiger partial charge is 0.125 e. The van der Waals surface area contributed by atoms with Gasteiger partial charge < -0.3 is 5.32 Å². The number of aromatic nitrogens is 2. The molecule has 1 N–H and O–H groups in total. The van der Waals surface area contributed by atoms with Crippen molar-refractivity contribution in [3.8, 4) is 0 Å². The minimum absolute atomic E-state index is 0.107. The molecule has 1 aromatic heterocycles. The van der Waals surface area contributed by atoms with Crippen molar-refractivity contribution in [2.75, 3.05) is 5.32 Å². The summed E-state index contributed by atoms with van der Waals surface area (Å²) in [6.45, 7) is 2.02. The third-order valence-corrected chi connectivity index (χ3v) is 2.43. The van der Waals surface area contributed by atoms with Crippen LogP contribution in [0.3, 0.4) is 0 Å². The van der Waals surface area contributed by atoms with Gasteiger partial charge in [-0.05, 0) is 25.1 Å². The van der Waals surface area contributed by atoms with E-state index in [9.17, 15) is 4.39 Å². The van der Waals surface area contributed by atoms with E-state index in [-0.39, 0.29) is 11.9 Å². The van der Waals surface area contributed by atoms with Crippen molar-refractivity contribution >= 4 is 5.69 Å². The molecular formula is C12H14FN3. The molecule has 0 bridgehead atoms. The van der Waals surface area contributed by atoms with Crippen molar-refractivity contribution in [3.63, 3.8) is 0 Å². The predicted octanol–water partition coefficient (Wildman–Crippen LogP) is 2.73. The van der Waals surface area contributed by atoms with Crippen LogP contribution in [0.25, 0.3) is 0 Å². The van der Waals surface area contributed by atoms with Gasteiger partial charge in [0.05, 0.1) is 12.2 Å². The average Bonchev–Trinajstić information content (AvgIpc) is 2.65. The van der Waals surface area contributed by atoms with E-state index in [0.29, 0.717) is 0 Å². The van der Waals surface area contributed by atoms with Crippen LogP contribution in [0.4, 0.5) is 10.1 Å². The minimum atomic E-state index is -0.233. The fraction of sp³-hybridized carbons (Fsp3) is 0.250. The summed E-state index contributed by atoms with van der Waals surface area (Å²) in [5.41, 5.74) is 1.85. The number of hydrogen-bond acceptors (Lipinski definition) is 2. The molecule has 1 atom stereocenters. The highest BCUT2D eigenvalue weighted by molar-refractivity contribution is 5.45. The quantitative estimate of drug-likeness (QED) is 0.860. The van der Waals surface area contributed by atoms with Gasteiger partial charge in [0.2, 0.25) is 0 Å². The van der Waals surface area contributed by atoms with Gasteiger partial charge in [0.25, 0.3) is 0 Å². The highest BCUT2D eigenvalue weighted by Gasteiger charge is 2.07. The summed E-state index contributed by atoms with van der Waals surface area (Å²) in [5, 5.41) is 7.32. The highest BCUT2D eigenvalue weighted by atomic mass is 19.1. The lowest BCUT2D eigenvalue weighted by Crippen LogP contribution is -2.05. The molecule has 0 aliphatic heterocycles. The number of nitrogens with zero attached hydrogens (tertiary/aromatic N) is 2. The van der Waals surface area contributed by atoms with Gasteiger partial charge in [-0.25, -0.2) is 4.39 Å². The van der Waals surface area contributed by atoms with E-state index in [1.807, 2.05) is 26.2 Å². The Hall–Kier alpha value is -1.84. The van der Waals surface area contributed by atoms with Crippen LogP contribution in [0.15, 0.2) is 36.7 Å². The SMILES string of the molecule is CC(Nc1cccc(F)c1)c1cnn(C)c1. The van der Waals surface area contributed by atoms with Crippen LogP contribution in [0.5, 0.6) is 0 Å². The van der Waals surface area contributed by atoms with E-state index < -0.39 is 0 Å². The fourth-order valence-electron chi connectivity index (χ4n) is 1.58. The zero-order valence-corrected chi connectivity index (χ0v) is 9.31. The Bertz CT molecular complexity index is 479. The fourth-order valence-corrected chi connectivity index (χ4v) is 1.58. The molecule has 2 aromatic rings. The second-order valence-electron chi connectivity index (χ2n) is 3.82. The van der Waals surface area contributed by atoms with Gasteiger partial charge in [-0.3, -0.25) is 4.68 Å². The third-order valence-electron chi connectivity index (χ3n) is 2.43. The summed E-state index contributed by atoms with van der Waals surface area (Å²) in [6.07, 6.45) is 3.74. The van der Waals surface area contributed by atoms with Crippen LogP contribution in [-0.4, -0.2) is 9.78 Å². The Balaban J connectivity index is 2.10. The first-order valence-electron chi connectivity index (χ1n) is 5.16. The maximum Gasteiger partial charge on any atom is 0.125 e. The molecule has 4 heteroatoms. The number of nitrogens with one attached hydrogen (secondary N) is 1.